The predicted octanol–water partition coefficient (Wildman–Crippen LogP) is 4.18. The van der Waals surface area contributed by atoms with Crippen molar-refractivity contribution in [1.82, 2.24) is 0 Å². The highest BCUT2D eigenvalue weighted by atomic mass is 16.3. The second-order valence-electron chi connectivity index (χ2n) is 4.35. The van der Waals surface area contributed by atoms with E-state index < -0.39 is 0 Å². The molecule has 2 aromatic rings. The van der Waals surface area contributed by atoms with Crippen LogP contribution in [-0.2, 0) is 0 Å². The van der Waals surface area contributed by atoms with Gasteiger partial charge in [-0.05, 0) is 42.7 Å². The molecule has 0 aromatic heterocycles. The lowest BCUT2D eigenvalue weighted by Gasteiger charge is -1.99. The van der Waals surface area contributed by atoms with Crippen LogP contribution in [0.25, 0.3) is 12.2 Å². The molecule has 2 rings (SSSR count). The molecular weight excluding hydrogens is 208 g/mol. The van der Waals surface area contributed by atoms with Crippen LogP contribution in [0, 0.1) is 13.8 Å². The Bertz CT molecular complexity index is 516. The Balaban J connectivity index is 2.22. The molecule has 0 aliphatic carbocycles. The number of hydrogen-bond donors (Lipinski definition) is 1. The Kier molecular flexibility index (Phi) is 3.29. The van der Waals surface area contributed by atoms with Crippen LogP contribution in [0.3, 0.4) is 0 Å². The zero-order valence-corrected chi connectivity index (χ0v) is 10.1. The van der Waals surface area contributed by atoms with E-state index in [9.17, 15) is 5.11 Å². The van der Waals surface area contributed by atoms with Gasteiger partial charge in [0.15, 0.2) is 0 Å². The molecule has 86 valence electrons. The third-order valence-corrected chi connectivity index (χ3v) is 2.63. The van der Waals surface area contributed by atoms with E-state index in [0.29, 0.717) is 5.75 Å². The number of benzene rings is 2. The van der Waals surface area contributed by atoms with Crippen molar-refractivity contribution in [2.45, 2.75) is 13.8 Å². The molecule has 0 saturated heterocycles. The molecule has 0 atom stereocenters. The number of rotatable bonds is 2. The summed E-state index contributed by atoms with van der Waals surface area (Å²) >= 11 is 0. The van der Waals surface area contributed by atoms with E-state index >= 15 is 0 Å². The quantitative estimate of drug-likeness (QED) is 0.759. The van der Waals surface area contributed by atoms with Crippen LogP contribution in [0.4, 0.5) is 0 Å². The molecule has 0 saturated carbocycles. The van der Waals surface area contributed by atoms with Crippen LogP contribution < -0.4 is 0 Å². The van der Waals surface area contributed by atoms with Crippen molar-refractivity contribution in [3.63, 3.8) is 0 Å². The molecule has 0 heterocycles. The van der Waals surface area contributed by atoms with E-state index in [1.807, 2.05) is 25.1 Å². The molecule has 0 unspecified atom stereocenters. The summed E-state index contributed by atoms with van der Waals surface area (Å²) in [5.41, 5.74) is 4.50. The van der Waals surface area contributed by atoms with Gasteiger partial charge in [0, 0.05) is 0 Å². The van der Waals surface area contributed by atoms with Crippen LogP contribution in [-0.4, -0.2) is 5.11 Å². The molecule has 0 spiro atoms. The number of phenols is 1. The molecular formula is C16H16O. The fraction of sp³-hybridized carbons (Fsp3) is 0.125. The minimum atomic E-state index is 0.313. The molecule has 0 amide bonds. The van der Waals surface area contributed by atoms with Crippen molar-refractivity contribution in [2.75, 3.05) is 0 Å². The first-order chi connectivity index (χ1) is 8.13. The third kappa shape index (κ3) is 3.22. The summed E-state index contributed by atoms with van der Waals surface area (Å²) in [6.45, 7) is 4.05. The highest BCUT2D eigenvalue weighted by Gasteiger charge is 1.94. The second-order valence-corrected chi connectivity index (χ2v) is 4.35. The maximum Gasteiger partial charge on any atom is 0.116 e. The van der Waals surface area contributed by atoms with Crippen molar-refractivity contribution >= 4 is 12.2 Å². The second kappa shape index (κ2) is 4.88. The standard InChI is InChI=1S/C16H16O/c1-12-3-5-14(6-4-12)7-8-15-9-13(2)10-16(17)11-15/h3-11,17H,1-2H3/b8-7+. The van der Waals surface area contributed by atoms with Gasteiger partial charge in [-0.1, -0.05) is 48.0 Å². The van der Waals surface area contributed by atoms with Crippen molar-refractivity contribution < 1.29 is 5.11 Å². The first-order valence-electron chi connectivity index (χ1n) is 5.69. The lowest BCUT2D eigenvalue weighted by atomic mass is 10.1. The van der Waals surface area contributed by atoms with Crippen LogP contribution in [0.15, 0.2) is 42.5 Å². The SMILES string of the molecule is Cc1ccc(/C=C/c2cc(C)cc(O)c2)cc1. The summed E-state index contributed by atoms with van der Waals surface area (Å²) in [6, 6.07) is 13.9. The molecule has 1 N–H and O–H groups in total. The maximum absolute atomic E-state index is 9.49. The van der Waals surface area contributed by atoms with Crippen molar-refractivity contribution in [3.05, 3.63) is 64.7 Å². The highest BCUT2D eigenvalue weighted by molar-refractivity contribution is 5.70. The van der Waals surface area contributed by atoms with E-state index in [0.717, 1.165) is 16.7 Å². The van der Waals surface area contributed by atoms with Gasteiger partial charge in [-0.15, -0.1) is 0 Å². The lowest BCUT2D eigenvalue weighted by Crippen LogP contribution is -1.77. The van der Waals surface area contributed by atoms with Crippen LogP contribution in [0.2, 0.25) is 0 Å². The molecule has 0 bridgehead atoms. The first-order valence-corrected chi connectivity index (χ1v) is 5.69. The fourth-order valence-electron chi connectivity index (χ4n) is 1.76. The van der Waals surface area contributed by atoms with Crippen LogP contribution in [0.1, 0.15) is 22.3 Å². The number of aryl methyl sites for hydroxylation is 2. The zero-order valence-electron chi connectivity index (χ0n) is 10.1. The fourth-order valence-corrected chi connectivity index (χ4v) is 1.76. The average molecular weight is 224 g/mol. The molecule has 1 nitrogen and oxygen atoms in total. The van der Waals surface area contributed by atoms with Gasteiger partial charge in [0.1, 0.15) is 5.75 Å². The Morgan fingerprint density at radius 1 is 0.765 bits per heavy atom. The van der Waals surface area contributed by atoms with Gasteiger partial charge in [-0.25, -0.2) is 0 Å². The third-order valence-electron chi connectivity index (χ3n) is 2.63. The predicted molar refractivity (Wildman–Crippen MR) is 73.0 cm³/mol. The first kappa shape index (κ1) is 11.5. The summed E-state index contributed by atoms with van der Waals surface area (Å²) in [6.07, 6.45) is 4.06. The van der Waals surface area contributed by atoms with Gasteiger partial charge in [-0.3, -0.25) is 0 Å². The minimum absolute atomic E-state index is 0.313. The van der Waals surface area contributed by atoms with Gasteiger partial charge >= 0.3 is 0 Å². The van der Waals surface area contributed by atoms with Crippen LogP contribution >= 0.6 is 0 Å². The van der Waals surface area contributed by atoms with Crippen molar-refractivity contribution in [3.8, 4) is 5.75 Å². The van der Waals surface area contributed by atoms with Gasteiger partial charge < -0.3 is 5.11 Å². The molecule has 0 aliphatic heterocycles. The number of hydrogen-bond acceptors (Lipinski definition) is 1. The summed E-state index contributed by atoms with van der Waals surface area (Å²) in [5.74, 6) is 0.313. The van der Waals surface area contributed by atoms with E-state index in [-0.39, 0.29) is 0 Å². The van der Waals surface area contributed by atoms with Gasteiger partial charge in [0.2, 0.25) is 0 Å². The minimum Gasteiger partial charge on any atom is -0.508 e. The molecule has 0 radical (unpaired) electrons. The summed E-state index contributed by atoms with van der Waals surface area (Å²) in [4.78, 5) is 0. The highest BCUT2D eigenvalue weighted by Crippen LogP contribution is 2.17. The summed E-state index contributed by atoms with van der Waals surface area (Å²) in [7, 11) is 0. The summed E-state index contributed by atoms with van der Waals surface area (Å²) in [5, 5.41) is 9.49. The van der Waals surface area contributed by atoms with E-state index in [1.54, 1.807) is 12.1 Å². The molecule has 17 heavy (non-hydrogen) atoms. The lowest BCUT2D eigenvalue weighted by molar-refractivity contribution is 0.475. The monoisotopic (exact) mass is 224 g/mol. The molecule has 2 aromatic carbocycles. The number of aromatic hydroxyl groups is 1. The zero-order chi connectivity index (χ0) is 12.3. The van der Waals surface area contributed by atoms with E-state index in [4.69, 9.17) is 0 Å². The van der Waals surface area contributed by atoms with Crippen molar-refractivity contribution in [2.24, 2.45) is 0 Å². The Labute approximate surface area is 102 Å². The van der Waals surface area contributed by atoms with E-state index in [1.165, 1.54) is 5.56 Å². The normalized spacial score (nSPS) is 10.9. The molecule has 1 heteroatoms. The van der Waals surface area contributed by atoms with E-state index in [2.05, 4.69) is 31.2 Å². The average Bonchev–Trinajstić information content (AvgIpc) is 2.27. The molecule has 0 fully saturated rings. The van der Waals surface area contributed by atoms with Gasteiger partial charge in [0.05, 0.1) is 0 Å². The summed E-state index contributed by atoms with van der Waals surface area (Å²) < 4.78 is 0. The van der Waals surface area contributed by atoms with Crippen LogP contribution in [0.5, 0.6) is 5.75 Å². The maximum atomic E-state index is 9.49. The Morgan fingerprint density at radius 3 is 2.06 bits per heavy atom. The largest absolute Gasteiger partial charge is 0.508 e. The Hall–Kier alpha value is -2.02. The van der Waals surface area contributed by atoms with Gasteiger partial charge in [0.25, 0.3) is 0 Å². The topological polar surface area (TPSA) is 20.2 Å². The Morgan fingerprint density at radius 2 is 1.41 bits per heavy atom. The molecule has 0 aliphatic rings. The number of phenolic OH excluding ortho intramolecular Hbond substituents is 1. The van der Waals surface area contributed by atoms with Gasteiger partial charge in [-0.2, -0.15) is 0 Å². The van der Waals surface area contributed by atoms with Crippen molar-refractivity contribution in [1.29, 1.82) is 0 Å². The smallest absolute Gasteiger partial charge is 0.116 e.